The molecule has 0 spiro atoms. The maximum atomic E-state index is 11.9. The summed E-state index contributed by atoms with van der Waals surface area (Å²) in [5.41, 5.74) is 3.29. The lowest BCUT2D eigenvalue weighted by molar-refractivity contribution is -0.115. The molecule has 0 atom stereocenters. The molecule has 4 nitrogen and oxygen atoms in total. The highest BCUT2D eigenvalue weighted by Gasteiger charge is 2.02. The van der Waals surface area contributed by atoms with E-state index in [1.165, 1.54) is 11.1 Å². The molecule has 2 aromatic rings. The fraction of sp³-hybridized carbons (Fsp3) is 0.316. The lowest BCUT2D eigenvalue weighted by atomic mass is 10.1. The first kappa shape index (κ1) is 17.0. The van der Waals surface area contributed by atoms with Gasteiger partial charge in [-0.05, 0) is 54.8 Å². The second kappa shape index (κ2) is 8.96. The highest BCUT2D eigenvalue weighted by molar-refractivity contribution is 5.92. The first-order valence-corrected chi connectivity index (χ1v) is 7.93. The molecule has 2 N–H and O–H groups in total. The van der Waals surface area contributed by atoms with Crippen LogP contribution in [0.4, 0.5) is 5.69 Å². The first-order chi connectivity index (χ1) is 11.2. The number of amides is 1. The van der Waals surface area contributed by atoms with Gasteiger partial charge >= 0.3 is 0 Å². The number of hydrogen-bond acceptors (Lipinski definition) is 3. The number of methoxy groups -OCH3 is 1. The van der Waals surface area contributed by atoms with E-state index in [4.69, 9.17) is 4.74 Å². The Hall–Kier alpha value is -2.33. The molecule has 0 aliphatic carbocycles. The van der Waals surface area contributed by atoms with E-state index in [2.05, 4.69) is 23.6 Å². The van der Waals surface area contributed by atoms with Gasteiger partial charge in [-0.15, -0.1) is 0 Å². The van der Waals surface area contributed by atoms with Crippen LogP contribution in [0, 0.1) is 0 Å². The van der Waals surface area contributed by atoms with Crippen molar-refractivity contribution in [2.75, 3.05) is 25.5 Å². The number of aryl methyl sites for hydroxylation is 1. The molecular weight excluding hydrogens is 288 g/mol. The Morgan fingerprint density at radius 3 is 2.57 bits per heavy atom. The second-order valence-electron chi connectivity index (χ2n) is 5.38. The van der Waals surface area contributed by atoms with E-state index in [9.17, 15) is 4.79 Å². The van der Waals surface area contributed by atoms with Gasteiger partial charge in [0.1, 0.15) is 5.75 Å². The van der Waals surface area contributed by atoms with Crippen molar-refractivity contribution in [2.45, 2.75) is 19.8 Å². The van der Waals surface area contributed by atoms with Crippen molar-refractivity contribution in [3.8, 4) is 5.75 Å². The van der Waals surface area contributed by atoms with Gasteiger partial charge in [0.05, 0.1) is 13.7 Å². The standard InChI is InChI=1S/C19H24N2O2/c1-3-15-7-9-17(10-8-15)21-19(22)14-20-12-11-16-5-4-6-18(13-16)23-2/h4-10,13,20H,3,11-12,14H2,1-2H3,(H,21,22). The van der Waals surface area contributed by atoms with Crippen molar-refractivity contribution in [1.29, 1.82) is 0 Å². The number of ether oxygens (including phenoxy) is 1. The van der Waals surface area contributed by atoms with Crippen molar-refractivity contribution in [3.63, 3.8) is 0 Å². The molecule has 0 heterocycles. The van der Waals surface area contributed by atoms with E-state index in [1.54, 1.807) is 7.11 Å². The van der Waals surface area contributed by atoms with E-state index >= 15 is 0 Å². The normalized spacial score (nSPS) is 10.3. The molecular formula is C19H24N2O2. The van der Waals surface area contributed by atoms with Crippen molar-refractivity contribution in [2.24, 2.45) is 0 Å². The van der Waals surface area contributed by atoms with Crippen LogP contribution in [0.5, 0.6) is 5.75 Å². The van der Waals surface area contributed by atoms with Gasteiger partial charge in [0.25, 0.3) is 0 Å². The maximum Gasteiger partial charge on any atom is 0.238 e. The minimum atomic E-state index is -0.0279. The van der Waals surface area contributed by atoms with Crippen molar-refractivity contribution < 1.29 is 9.53 Å². The van der Waals surface area contributed by atoms with E-state index in [-0.39, 0.29) is 5.91 Å². The van der Waals surface area contributed by atoms with Crippen LogP contribution in [0.1, 0.15) is 18.1 Å². The SMILES string of the molecule is CCc1ccc(NC(=O)CNCCc2cccc(OC)c2)cc1. The van der Waals surface area contributed by atoms with Gasteiger partial charge in [-0.2, -0.15) is 0 Å². The molecule has 2 aromatic carbocycles. The number of hydrogen-bond donors (Lipinski definition) is 2. The zero-order valence-corrected chi connectivity index (χ0v) is 13.8. The molecule has 0 aliphatic heterocycles. The predicted octanol–water partition coefficient (Wildman–Crippen LogP) is 3.03. The number of nitrogens with one attached hydrogen (secondary N) is 2. The molecule has 0 unspecified atom stereocenters. The predicted molar refractivity (Wildman–Crippen MR) is 94.0 cm³/mol. The van der Waals surface area contributed by atoms with E-state index < -0.39 is 0 Å². The number of benzene rings is 2. The van der Waals surface area contributed by atoms with Gasteiger partial charge in [0.2, 0.25) is 5.91 Å². The van der Waals surface area contributed by atoms with Gasteiger partial charge in [0.15, 0.2) is 0 Å². The molecule has 0 bridgehead atoms. The van der Waals surface area contributed by atoms with Crippen LogP contribution in [-0.4, -0.2) is 26.1 Å². The fourth-order valence-electron chi connectivity index (χ4n) is 2.29. The van der Waals surface area contributed by atoms with Crippen LogP contribution in [-0.2, 0) is 17.6 Å². The molecule has 0 saturated carbocycles. The summed E-state index contributed by atoms with van der Waals surface area (Å²) in [4.78, 5) is 11.9. The average Bonchev–Trinajstić information content (AvgIpc) is 2.59. The molecule has 0 aliphatic rings. The van der Waals surface area contributed by atoms with Crippen LogP contribution in [0.3, 0.4) is 0 Å². The third-order valence-corrected chi connectivity index (χ3v) is 3.66. The van der Waals surface area contributed by atoms with Crippen LogP contribution >= 0.6 is 0 Å². The van der Waals surface area contributed by atoms with Crippen LogP contribution in [0.15, 0.2) is 48.5 Å². The van der Waals surface area contributed by atoms with Crippen molar-refractivity contribution >= 4 is 11.6 Å². The Morgan fingerprint density at radius 2 is 1.87 bits per heavy atom. The quantitative estimate of drug-likeness (QED) is 0.737. The van der Waals surface area contributed by atoms with Crippen LogP contribution in [0.25, 0.3) is 0 Å². The smallest absolute Gasteiger partial charge is 0.238 e. The van der Waals surface area contributed by atoms with Gasteiger partial charge < -0.3 is 15.4 Å². The summed E-state index contributed by atoms with van der Waals surface area (Å²) in [6, 6.07) is 15.9. The Bertz CT molecular complexity index is 624. The molecule has 0 radical (unpaired) electrons. The van der Waals surface area contributed by atoms with Gasteiger partial charge in [-0.1, -0.05) is 31.2 Å². The molecule has 0 aromatic heterocycles. The Kier molecular flexibility index (Phi) is 6.63. The number of carbonyl (C=O) groups excluding carboxylic acids is 1. The highest BCUT2D eigenvalue weighted by atomic mass is 16.5. The third-order valence-electron chi connectivity index (χ3n) is 3.66. The Balaban J connectivity index is 1.69. The summed E-state index contributed by atoms with van der Waals surface area (Å²) >= 11 is 0. The minimum Gasteiger partial charge on any atom is -0.497 e. The highest BCUT2D eigenvalue weighted by Crippen LogP contribution is 2.12. The van der Waals surface area contributed by atoms with Gasteiger partial charge in [0, 0.05) is 5.69 Å². The first-order valence-electron chi connectivity index (χ1n) is 7.93. The fourth-order valence-corrected chi connectivity index (χ4v) is 2.29. The molecule has 122 valence electrons. The maximum absolute atomic E-state index is 11.9. The zero-order valence-electron chi connectivity index (χ0n) is 13.8. The summed E-state index contributed by atoms with van der Waals surface area (Å²) in [6.07, 6.45) is 1.86. The largest absolute Gasteiger partial charge is 0.497 e. The summed E-state index contributed by atoms with van der Waals surface area (Å²) in [7, 11) is 1.66. The molecule has 0 saturated heterocycles. The average molecular weight is 312 g/mol. The number of carbonyl (C=O) groups is 1. The van der Waals surface area contributed by atoms with Gasteiger partial charge in [-0.25, -0.2) is 0 Å². The molecule has 4 heteroatoms. The van der Waals surface area contributed by atoms with Crippen molar-refractivity contribution in [1.82, 2.24) is 5.32 Å². The van der Waals surface area contributed by atoms with E-state index in [0.29, 0.717) is 6.54 Å². The minimum absolute atomic E-state index is 0.0279. The lowest BCUT2D eigenvalue weighted by Gasteiger charge is -2.08. The molecule has 0 fully saturated rings. The topological polar surface area (TPSA) is 50.4 Å². The van der Waals surface area contributed by atoms with Gasteiger partial charge in [-0.3, -0.25) is 4.79 Å². The third kappa shape index (κ3) is 5.75. The van der Waals surface area contributed by atoms with E-state index in [1.807, 2.05) is 42.5 Å². The molecule has 1 amide bonds. The van der Waals surface area contributed by atoms with Crippen LogP contribution < -0.4 is 15.4 Å². The zero-order chi connectivity index (χ0) is 16.5. The monoisotopic (exact) mass is 312 g/mol. The van der Waals surface area contributed by atoms with Crippen LogP contribution in [0.2, 0.25) is 0 Å². The number of rotatable bonds is 8. The second-order valence-corrected chi connectivity index (χ2v) is 5.38. The van der Waals surface area contributed by atoms with E-state index in [0.717, 1.165) is 30.8 Å². The molecule has 23 heavy (non-hydrogen) atoms. The Morgan fingerprint density at radius 1 is 1.09 bits per heavy atom. The summed E-state index contributed by atoms with van der Waals surface area (Å²) in [5.74, 6) is 0.829. The summed E-state index contributed by atoms with van der Waals surface area (Å²) in [5, 5.41) is 6.05. The number of anilines is 1. The summed E-state index contributed by atoms with van der Waals surface area (Å²) < 4.78 is 5.20. The Labute approximate surface area is 137 Å². The summed E-state index contributed by atoms with van der Waals surface area (Å²) in [6.45, 7) is 3.16. The molecule has 2 rings (SSSR count). The van der Waals surface area contributed by atoms with Crippen molar-refractivity contribution in [3.05, 3.63) is 59.7 Å². The lowest BCUT2D eigenvalue weighted by Crippen LogP contribution is -2.29.